The van der Waals surface area contributed by atoms with Crippen molar-refractivity contribution in [2.75, 3.05) is 13.2 Å². The number of carbonyl (C=O) groups excluding carboxylic acids is 1. The van der Waals surface area contributed by atoms with E-state index in [1.807, 2.05) is 44.2 Å². The monoisotopic (exact) mass is 351 g/mol. The summed E-state index contributed by atoms with van der Waals surface area (Å²) >= 11 is 0. The summed E-state index contributed by atoms with van der Waals surface area (Å²) in [5, 5.41) is 2.78. The summed E-state index contributed by atoms with van der Waals surface area (Å²) < 4.78 is 42.7. The van der Waals surface area contributed by atoms with Gasteiger partial charge in [-0.15, -0.1) is 0 Å². The number of rotatable bonds is 6. The fourth-order valence-electron chi connectivity index (χ4n) is 2.25. The van der Waals surface area contributed by atoms with Crippen LogP contribution in [0.2, 0.25) is 0 Å². The highest BCUT2D eigenvalue weighted by molar-refractivity contribution is 5.77. The molecule has 0 fully saturated rings. The number of benzene rings is 2. The van der Waals surface area contributed by atoms with Crippen LogP contribution in [0.4, 0.5) is 13.2 Å². The predicted octanol–water partition coefficient (Wildman–Crippen LogP) is 4.18. The molecule has 0 aliphatic rings. The van der Waals surface area contributed by atoms with Crippen molar-refractivity contribution < 1.29 is 22.7 Å². The Hall–Kier alpha value is -2.50. The first-order valence-electron chi connectivity index (χ1n) is 7.81. The molecular weight excluding hydrogens is 331 g/mol. The minimum absolute atomic E-state index is 0.213. The number of ether oxygens (including phenoxy) is 1. The molecule has 0 bridgehead atoms. The number of nitrogens with one attached hydrogen (secondary N) is 1. The summed E-state index contributed by atoms with van der Waals surface area (Å²) in [6.45, 7) is 4.20. The highest BCUT2D eigenvalue weighted by Crippen LogP contribution is 2.30. The number of halogens is 3. The van der Waals surface area contributed by atoms with Gasteiger partial charge < -0.3 is 10.1 Å². The van der Waals surface area contributed by atoms with Crippen LogP contribution in [0.1, 0.15) is 25.0 Å². The summed E-state index contributed by atoms with van der Waals surface area (Å²) in [5.41, 5.74) is 0.0959. The molecule has 25 heavy (non-hydrogen) atoms. The highest BCUT2D eigenvalue weighted by Gasteiger charge is 2.30. The molecule has 0 heterocycles. The van der Waals surface area contributed by atoms with E-state index >= 15 is 0 Å². The van der Waals surface area contributed by atoms with Gasteiger partial charge in [-0.2, -0.15) is 13.2 Å². The van der Waals surface area contributed by atoms with Gasteiger partial charge in [0.1, 0.15) is 5.75 Å². The highest BCUT2D eigenvalue weighted by atomic mass is 19.4. The Balaban J connectivity index is 1.83. The van der Waals surface area contributed by atoms with Crippen LogP contribution < -0.4 is 10.1 Å². The zero-order chi connectivity index (χ0) is 18.5. The minimum atomic E-state index is -4.39. The van der Waals surface area contributed by atoms with Crippen molar-refractivity contribution in [3.05, 3.63) is 65.7 Å². The SMILES string of the molecule is CC(C)(CNC(=O)COc1ccc(C(F)(F)F)cc1)c1ccccc1. The van der Waals surface area contributed by atoms with Crippen molar-refractivity contribution in [1.82, 2.24) is 5.32 Å². The molecule has 1 amide bonds. The molecule has 2 aromatic carbocycles. The fourth-order valence-corrected chi connectivity index (χ4v) is 2.25. The first-order chi connectivity index (χ1) is 11.7. The third kappa shape index (κ3) is 5.52. The summed E-state index contributed by atoms with van der Waals surface area (Å²) in [7, 11) is 0. The number of hydrogen-bond acceptors (Lipinski definition) is 2. The molecule has 0 saturated carbocycles. The van der Waals surface area contributed by atoms with Gasteiger partial charge in [-0.25, -0.2) is 0 Å². The van der Waals surface area contributed by atoms with Crippen molar-refractivity contribution in [2.45, 2.75) is 25.4 Å². The summed E-state index contributed by atoms with van der Waals surface area (Å²) in [4.78, 5) is 11.9. The maximum atomic E-state index is 12.5. The number of hydrogen-bond donors (Lipinski definition) is 1. The van der Waals surface area contributed by atoms with Gasteiger partial charge in [-0.1, -0.05) is 44.2 Å². The predicted molar refractivity (Wildman–Crippen MR) is 89.4 cm³/mol. The van der Waals surface area contributed by atoms with Gasteiger partial charge >= 0.3 is 6.18 Å². The normalized spacial score (nSPS) is 11.9. The molecule has 134 valence electrons. The van der Waals surface area contributed by atoms with Crippen LogP contribution in [0.5, 0.6) is 5.75 Å². The van der Waals surface area contributed by atoms with Crippen LogP contribution in [0, 0.1) is 0 Å². The van der Waals surface area contributed by atoms with Crippen molar-refractivity contribution in [3.63, 3.8) is 0 Å². The molecule has 0 atom stereocenters. The Morgan fingerprint density at radius 2 is 1.56 bits per heavy atom. The summed E-state index contributed by atoms with van der Waals surface area (Å²) in [5.74, 6) is -0.116. The van der Waals surface area contributed by atoms with Gasteiger partial charge in [-0.3, -0.25) is 4.79 Å². The second kappa shape index (κ2) is 7.59. The standard InChI is InChI=1S/C19H20F3NO2/c1-18(2,14-6-4-3-5-7-14)13-23-17(24)12-25-16-10-8-15(9-11-16)19(20,21)22/h3-11H,12-13H2,1-2H3,(H,23,24). The average molecular weight is 351 g/mol. The van der Waals surface area contributed by atoms with E-state index in [9.17, 15) is 18.0 Å². The Labute approximate surface area is 144 Å². The second-order valence-corrected chi connectivity index (χ2v) is 6.34. The molecule has 1 N–H and O–H groups in total. The number of amides is 1. The quantitative estimate of drug-likeness (QED) is 0.848. The van der Waals surface area contributed by atoms with Crippen LogP contribution >= 0.6 is 0 Å². The Bertz CT molecular complexity index is 695. The van der Waals surface area contributed by atoms with E-state index in [0.29, 0.717) is 6.54 Å². The Morgan fingerprint density at radius 3 is 2.12 bits per heavy atom. The van der Waals surface area contributed by atoms with Crippen LogP contribution in [-0.2, 0) is 16.4 Å². The lowest BCUT2D eigenvalue weighted by atomic mass is 9.84. The number of carbonyl (C=O) groups is 1. The first-order valence-corrected chi connectivity index (χ1v) is 7.81. The molecule has 6 heteroatoms. The zero-order valence-corrected chi connectivity index (χ0v) is 14.1. The van der Waals surface area contributed by atoms with E-state index < -0.39 is 11.7 Å². The van der Waals surface area contributed by atoms with E-state index in [1.54, 1.807) is 0 Å². The van der Waals surface area contributed by atoms with Crippen molar-refractivity contribution in [3.8, 4) is 5.75 Å². The molecule has 0 unspecified atom stereocenters. The third-order valence-corrected chi connectivity index (χ3v) is 3.83. The fraction of sp³-hybridized carbons (Fsp3) is 0.316. The van der Waals surface area contributed by atoms with E-state index in [0.717, 1.165) is 17.7 Å². The smallest absolute Gasteiger partial charge is 0.416 e. The van der Waals surface area contributed by atoms with Crippen LogP contribution in [-0.4, -0.2) is 19.1 Å². The van der Waals surface area contributed by atoms with Gasteiger partial charge in [0, 0.05) is 12.0 Å². The van der Waals surface area contributed by atoms with Gasteiger partial charge in [0.2, 0.25) is 0 Å². The van der Waals surface area contributed by atoms with E-state index in [4.69, 9.17) is 4.74 Å². The van der Waals surface area contributed by atoms with Gasteiger partial charge in [0.15, 0.2) is 6.61 Å². The molecular formula is C19H20F3NO2. The maximum absolute atomic E-state index is 12.5. The lowest BCUT2D eigenvalue weighted by Gasteiger charge is -2.25. The molecule has 2 aromatic rings. The van der Waals surface area contributed by atoms with E-state index in [2.05, 4.69) is 5.32 Å². The molecule has 0 saturated heterocycles. The van der Waals surface area contributed by atoms with E-state index in [1.165, 1.54) is 12.1 Å². The van der Waals surface area contributed by atoms with Gasteiger partial charge in [-0.05, 0) is 29.8 Å². The lowest BCUT2D eigenvalue weighted by molar-refractivity contribution is -0.137. The number of alkyl halides is 3. The van der Waals surface area contributed by atoms with Crippen molar-refractivity contribution in [2.24, 2.45) is 0 Å². The van der Waals surface area contributed by atoms with Crippen LogP contribution in [0.3, 0.4) is 0 Å². The molecule has 3 nitrogen and oxygen atoms in total. The minimum Gasteiger partial charge on any atom is -0.484 e. The molecule has 0 aliphatic heterocycles. The third-order valence-electron chi connectivity index (χ3n) is 3.83. The molecule has 0 aromatic heterocycles. The van der Waals surface area contributed by atoms with Crippen LogP contribution in [0.15, 0.2) is 54.6 Å². The maximum Gasteiger partial charge on any atom is 0.416 e. The summed E-state index contributed by atoms with van der Waals surface area (Å²) in [6.07, 6.45) is -4.39. The van der Waals surface area contributed by atoms with Crippen molar-refractivity contribution in [1.29, 1.82) is 0 Å². The largest absolute Gasteiger partial charge is 0.484 e. The average Bonchev–Trinajstić information content (AvgIpc) is 2.58. The molecule has 0 spiro atoms. The Morgan fingerprint density at radius 1 is 0.960 bits per heavy atom. The second-order valence-electron chi connectivity index (χ2n) is 6.34. The summed E-state index contributed by atoms with van der Waals surface area (Å²) in [6, 6.07) is 14.0. The first kappa shape index (κ1) is 18.8. The van der Waals surface area contributed by atoms with Crippen molar-refractivity contribution >= 4 is 5.91 Å². The zero-order valence-electron chi connectivity index (χ0n) is 14.1. The Kier molecular flexibility index (Phi) is 5.72. The lowest BCUT2D eigenvalue weighted by Crippen LogP contribution is -2.38. The van der Waals surface area contributed by atoms with E-state index in [-0.39, 0.29) is 23.7 Å². The topological polar surface area (TPSA) is 38.3 Å². The van der Waals surface area contributed by atoms with Gasteiger partial charge in [0.05, 0.1) is 5.56 Å². The van der Waals surface area contributed by atoms with Gasteiger partial charge in [0.25, 0.3) is 5.91 Å². The molecule has 0 radical (unpaired) electrons. The molecule has 0 aliphatic carbocycles. The van der Waals surface area contributed by atoms with Crippen LogP contribution in [0.25, 0.3) is 0 Å². The molecule has 2 rings (SSSR count).